The number of hydrogen-bond acceptors (Lipinski definition) is 4. The van der Waals surface area contributed by atoms with Gasteiger partial charge in [-0.2, -0.15) is 0 Å². The maximum absolute atomic E-state index is 12.5. The molecule has 2 aromatic rings. The van der Waals surface area contributed by atoms with E-state index in [-0.39, 0.29) is 43.2 Å². The molecule has 2 atom stereocenters. The van der Waals surface area contributed by atoms with E-state index < -0.39 is 12.1 Å². The molecule has 0 saturated heterocycles. The van der Waals surface area contributed by atoms with Crippen LogP contribution in [0.1, 0.15) is 56.6 Å². The van der Waals surface area contributed by atoms with Gasteiger partial charge in [-0.15, -0.1) is 0 Å². The van der Waals surface area contributed by atoms with Gasteiger partial charge in [0.25, 0.3) is 0 Å². The Labute approximate surface area is 194 Å². The van der Waals surface area contributed by atoms with Gasteiger partial charge in [-0.05, 0) is 41.0 Å². The van der Waals surface area contributed by atoms with Gasteiger partial charge in [0, 0.05) is 31.3 Å². The second-order valence-electron chi connectivity index (χ2n) is 8.62. The Kier molecular flexibility index (Phi) is 8.46. The highest BCUT2D eigenvalue weighted by Gasteiger charge is 2.29. The first-order valence-corrected chi connectivity index (χ1v) is 11.5. The highest BCUT2D eigenvalue weighted by molar-refractivity contribution is 5.79. The molecule has 3 rings (SSSR count). The van der Waals surface area contributed by atoms with Crippen molar-refractivity contribution in [1.29, 1.82) is 0 Å². The van der Waals surface area contributed by atoms with Crippen LogP contribution in [-0.4, -0.2) is 42.3 Å². The summed E-state index contributed by atoms with van der Waals surface area (Å²) in [7, 11) is 0. The van der Waals surface area contributed by atoms with Crippen LogP contribution in [0.3, 0.4) is 0 Å². The Bertz CT molecular complexity index is 945. The third kappa shape index (κ3) is 6.57. The lowest BCUT2D eigenvalue weighted by atomic mass is 9.98. The summed E-state index contributed by atoms with van der Waals surface area (Å²) in [4.78, 5) is 35.4. The Morgan fingerprint density at radius 3 is 2.21 bits per heavy atom. The lowest BCUT2D eigenvalue weighted by Gasteiger charge is -2.19. The second kappa shape index (κ2) is 11.5. The smallest absolute Gasteiger partial charge is 0.407 e. The number of ether oxygens (including phenoxy) is 1. The molecule has 1 aliphatic carbocycles. The number of hydrogen-bond donors (Lipinski definition) is 3. The maximum Gasteiger partial charge on any atom is 0.407 e. The molecule has 0 bridgehead atoms. The molecule has 0 fully saturated rings. The largest absolute Gasteiger partial charge is 0.481 e. The predicted octanol–water partition coefficient (Wildman–Crippen LogP) is 4.31. The van der Waals surface area contributed by atoms with Crippen LogP contribution in [0.15, 0.2) is 48.5 Å². The Balaban J connectivity index is 1.48. The summed E-state index contributed by atoms with van der Waals surface area (Å²) in [6.07, 6.45) is 0.785. The number of amides is 2. The second-order valence-corrected chi connectivity index (χ2v) is 8.62. The molecule has 0 aliphatic heterocycles. The summed E-state index contributed by atoms with van der Waals surface area (Å²) in [5.41, 5.74) is 4.63. The topological polar surface area (TPSA) is 105 Å². The number of carbonyl (C=O) groups is 3. The maximum atomic E-state index is 12.5. The number of benzene rings is 2. The fraction of sp³-hybridized carbons (Fsp3) is 0.423. The van der Waals surface area contributed by atoms with Crippen LogP contribution in [0.25, 0.3) is 11.1 Å². The third-order valence-corrected chi connectivity index (χ3v) is 6.09. The number of carboxylic acid groups (broad SMARTS) is 1. The van der Waals surface area contributed by atoms with Crippen LogP contribution >= 0.6 is 0 Å². The zero-order valence-electron chi connectivity index (χ0n) is 19.2. The molecule has 0 saturated carbocycles. The summed E-state index contributed by atoms with van der Waals surface area (Å²) in [6, 6.07) is 16.0. The zero-order valence-corrected chi connectivity index (χ0v) is 19.2. The number of fused-ring (bicyclic) bond motifs is 3. The van der Waals surface area contributed by atoms with Crippen LogP contribution in [0.5, 0.6) is 0 Å². The first kappa shape index (κ1) is 24.3. The predicted molar refractivity (Wildman–Crippen MR) is 126 cm³/mol. The van der Waals surface area contributed by atoms with E-state index in [2.05, 4.69) is 34.9 Å². The average Bonchev–Trinajstić information content (AvgIpc) is 3.13. The van der Waals surface area contributed by atoms with Gasteiger partial charge in [-0.3, -0.25) is 9.59 Å². The molecule has 0 radical (unpaired) electrons. The van der Waals surface area contributed by atoms with E-state index in [0.29, 0.717) is 19.4 Å². The molecule has 1 aliphatic rings. The SMILES string of the molecule is CC[C@@H](CC(=O)NCC(C)CCC(=O)O)NC(=O)OCC1c2ccccc2-c2ccccc21. The molecule has 7 nitrogen and oxygen atoms in total. The van der Waals surface area contributed by atoms with Crippen molar-refractivity contribution in [3.05, 3.63) is 59.7 Å². The minimum atomic E-state index is -0.841. The summed E-state index contributed by atoms with van der Waals surface area (Å²) in [5, 5.41) is 14.4. The molecule has 0 aromatic heterocycles. The molecule has 0 heterocycles. The van der Waals surface area contributed by atoms with E-state index >= 15 is 0 Å². The van der Waals surface area contributed by atoms with Crippen molar-refractivity contribution < 1.29 is 24.2 Å². The van der Waals surface area contributed by atoms with Gasteiger partial charge < -0.3 is 20.5 Å². The minimum Gasteiger partial charge on any atom is -0.481 e. The van der Waals surface area contributed by atoms with E-state index in [0.717, 1.165) is 11.1 Å². The first-order chi connectivity index (χ1) is 15.9. The fourth-order valence-electron chi connectivity index (χ4n) is 4.16. The molecule has 176 valence electrons. The van der Waals surface area contributed by atoms with Crippen LogP contribution in [0, 0.1) is 5.92 Å². The summed E-state index contributed by atoms with van der Waals surface area (Å²) in [6.45, 7) is 4.43. The minimum absolute atomic E-state index is 0.0150. The van der Waals surface area contributed by atoms with Crippen molar-refractivity contribution in [2.24, 2.45) is 5.92 Å². The normalized spacial score (nSPS) is 14.0. The highest BCUT2D eigenvalue weighted by atomic mass is 16.5. The number of aliphatic carboxylic acids is 1. The third-order valence-electron chi connectivity index (χ3n) is 6.09. The quantitative estimate of drug-likeness (QED) is 0.471. The number of alkyl carbamates (subject to hydrolysis) is 1. The molecule has 2 aromatic carbocycles. The van der Waals surface area contributed by atoms with E-state index in [9.17, 15) is 14.4 Å². The van der Waals surface area contributed by atoms with Crippen molar-refractivity contribution >= 4 is 18.0 Å². The van der Waals surface area contributed by atoms with Gasteiger partial charge in [0.15, 0.2) is 0 Å². The molecule has 2 amide bonds. The number of nitrogens with one attached hydrogen (secondary N) is 2. The van der Waals surface area contributed by atoms with E-state index in [1.807, 2.05) is 38.1 Å². The Morgan fingerprint density at radius 2 is 1.64 bits per heavy atom. The monoisotopic (exact) mass is 452 g/mol. The molecule has 33 heavy (non-hydrogen) atoms. The average molecular weight is 453 g/mol. The van der Waals surface area contributed by atoms with Gasteiger partial charge in [-0.25, -0.2) is 4.79 Å². The van der Waals surface area contributed by atoms with Gasteiger partial charge >= 0.3 is 12.1 Å². The van der Waals surface area contributed by atoms with Crippen LogP contribution in [-0.2, 0) is 14.3 Å². The van der Waals surface area contributed by atoms with Crippen LogP contribution in [0.2, 0.25) is 0 Å². The Morgan fingerprint density at radius 1 is 1.03 bits per heavy atom. The first-order valence-electron chi connectivity index (χ1n) is 11.5. The standard InChI is InChI=1S/C26H32N2O5/c1-3-18(14-24(29)27-15-17(2)12-13-25(30)31)28-26(32)33-16-23-21-10-6-4-8-19(21)20-9-5-7-11-22(20)23/h4-11,17-18,23H,3,12-16H2,1-2H3,(H,27,29)(H,28,32)(H,30,31)/t17?,18-/m0/s1. The molecule has 0 spiro atoms. The van der Waals surface area contributed by atoms with Gasteiger partial charge in [-0.1, -0.05) is 62.4 Å². The van der Waals surface area contributed by atoms with Gasteiger partial charge in [0.2, 0.25) is 5.91 Å². The van der Waals surface area contributed by atoms with Crippen molar-refractivity contribution in [2.45, 2.75) is 51.5 Å². The van der Waals surface area contributed by atoms with E-state index in [1.165, 1.54) is 11.1 Å². The fourth-order valence-corrected chi connectivity index (χ4v) is 4.16. The Hall–Kier alpha value is -3.35. The van der Waals surface area contributed by atoms with Crippen LogP contribution < -0.4 is 10.6 Å². The lowest BCUT2D eigenvalue weighted by molar-refractivity contribution is -0.137. The number of carboxylic acids is 1. The van der Waals surface area contributed by atoms with E-state index in [4.69, 9.17) is 9.84 Å². The van der Waals surface area contributed by atoms with Crippen molar-refractivity contribution in [3.63, 3.8) is 0 Å². The van der Waals surface area contributed by atoms with Crippen molar-refractivity contribution in [3.8, 4) is 11.1 Å². The number of rotatable bonds is 11. The summed E-state index contributed by atoms with van der Waals surface area (Å²) >= 11 is 0. The molecular weight excluding hydrogens is 420 g/mol. The lowest BCUT2D eigenvalue weighted by Crippen LogP contribution is -2.40. The van der Waals surface area contributed by atoms with E-state index in [1.54, 1.807) is 0 Å². The van der Waals surface area contributed by atoms with Crippen molar-refractivity contribution in [2.75, 3.05) is 13.2 Å². The highest BCUT2D eigenvalue weighted by Crippen LogP contribution is 2.44. The van der Waals surface area contributed by atoms with Crippen LogP contribution in [0.4, 0.5) is 4.79 Å². The molecule has 7 heteroatoms. The summed E-state index contributed by atoms with van der Waals surface area (Å²) < 4.78 is 5.57. The summed E-state index contributed by atoms with van der Waals surface area (Å²) in [5.74, 6) is -0.964. The van der Waals surface area contributed by atoms with Gasteiger partial charge in [0.1, 0.15) is 6.61 Å². The number of carbonyl (C=O) groups excluding carboxylic acids is 2. The van der Waals surface area contributed by atoms with Gasteiger partial charge in [0.05, 0.1) is 0 Å². The van der Waals surface area contributed by atoms with Crippen molar-refractivity contribution in [1.82, 2.24) is 10.6 Å². The molecule has 3 N–H and O–H groups in total. The zero-order chi connectivity index (χ0) is 23.8. The molecular formula is C26H32N2O5. The molecule has 1 unspecified atom stereocenters.